The van der Waals surface area contributed by atoms with Crippen molar-refractivity contribution in [3.63, 3.8) is 0 Å². The first-order valence-corrected chi connectivity index (χ1v) is 7.72. The largest absolute Gasteiger partial charge is 0.545 e. The van der Waals surface area contributed by atoms with Crippen molar-refractivity contribution in [1.82, 2.24) is 0 Å². The number of ether oxygens (including phenoxy) is 2. The third-order valence-electron chi connectivity index (χ3n) is 2.52. The SMILES string of the molecule is COc1ccc(C[NH2+]CC[N-]S(C)(=O)=O)c(OC)c1. The quantitative estimate of drug-likeness (QED) is 0.688. The highest BCUT2D eigenvalue weighted by Gasteiger charge is 2.05. The second kappa shape index (κ2) is 7.32. The Kier molecular flexibility index (Phi) is 6.07. The van der Waals surface area contributed by atoms with Crippen molar-refractivity contribution in [1.29, 1.82) is 0 Å². The highest BCUT2D eigenvalue weighted by atomic mass is 32.2. The molecule has 1 aromatic rings. The van der Waals surface area contributed by atoms with Gasteiger partial charge in [0, 0.05) is 17.9 Å². The highest BCUT2D eigenvalue weighted by Crippen LogP contribution is 2.23. The Hall–Kier alpha value is -1.31. The lowest BCUT2D eigenvalue weighted by atomic mass is 10.2. The Morgan fingerprint density at radius 3 is 2.58 bits per heavy atom. The fourth-order valence-corrected chi connectivity index (χ4v) is 2.02. The number of quaternary nitrogens is 1. The average Bonchev–Trinajstić information content (AvgIpc) is 2.37. The molecule has 0 saturated carbocycles. The summed E-state index contributed by atoms with van der Waals surface area (Å²) < 4.78 is 35.6. The molecule has 0 aromatic heterocycles. The van der Waals surface area contributed by atoms with E-state index in [1.54, 1.807) is 14.2 Å². The Bertz CT molecular complexity index is 502. The van der Waals surface area contributed by atoms with Crippen LogP contribution in [0.3, 0.4) is 0 Å². The van der Waals surface area contributed by atoms with Crippen molar-refractivity contribution in [2.75, 3.05) is 33.6 Å². The van der Waals surface area contributed by atoms with Gasteiger partial charge in [0.25, 0.3) is 0 Å². The van der Waals surface area contributed by atoms with Gasteiger partial charge in [-0.2, -0.15) is 0 Å². The van der Waals surface area contributed by atoms with E-state index in [9.17, 15) is 8.42 Å². The first kappa shape index (κ1) is 15.7. The predicted molar refractivity (Wildman–Crippen MR) is 73.1 cm³/mol. The van der Waals surface area contributed by atoms with Gasteiger partial charge in [0.1, 0.15) is 18.0 Å². The van der Waals surface area contributed by atoms with Gasteiger partial charge in [-0.25, -0.2) is 8.42 Å². The van der Waals surface area contributed by atoms with Crippen LogP contribution in [0, 0.1) is 0 Å². The third-order valence-corrected chi connectivity index (χ3v) is 3.17. The lowest BCUT2D eigenvalue weighted by Crippen LogP contribution is -2.83. The van der Waals surface area contributed by atoms with Crippen LogP contribution in [0.15, 0.2) is 18.2 Å². The van der Waals surface area contributed by atoms with Crippen LogP contribution >= 0.6 is 0 Å². The van der Waals surface area contributed by atoms with E-state index in [4.69, 9.17) is 9.47 Å². The van der Waals surface area contributed by atoms with E-state index < -0.39 is 10.0 Å². The van der Waals surface area contributed by atoms with Gasteiger partial charge in [0.05, 0.1) is 30.8 Å². The van der Waals surface area contributed by atoms with Gasteiger partial charge in [-0.05, 0) is 12.1 Å². The molecule has 0 atom stereocenters. The second-order valence-electron chi connectivity index (χ2n) is 4.04. The zero-order valence-corrected chi connectivity index (χ0v) is 12.2. The summed E-state index contributed by atoms with van der Waals surface area (Å²) in [5, 5.41) is 1.99. The molecule has 0 radical (unpaired) electrons. The summed E-state index contributed by atoms with van der Waals surface area (Å²) in [6.45, 7) is 1.60. The fraction of sp³-hybridized carbons (Fsp3) is 0.500. The normalized spacial score (nSPS) is 11.3. The van der Waals surface area contributed by atoms with Crippen LogP contribution in [-0.2, 0) is 16.6 Å². The zero-order chi connectivity index (χ0) is 14.3. The summed E-state index contributed by atoms with van der Waals surface area (Å²) in [5.41, 5.74) is 1.03. The molecule has 7 heteroatoms. The molecule has 0 bridgehead atoms. The molecule has 108 valence electrons. The molecule has 1 rings (SSSR count). The maximum atomic E-state index is 10.8. The minimum absolute atomic E-state index is 0.289. The van der Waals surface area contributed by atoms with E-state index in [0.717, 1.165) is 23.3 Å². The number of nitrogens with zero attached hydrogens (tertiary/aromatic N) is 1. The first-order valence-electron chi connectivity index (χ1n) is 5.87. The molecular weight excluding hydrogens is 268 g/mol. The number of rotatable bonds is 8. The van der Waals surface area contributed by atoms with Crippen LogP contribution in [-0.4, -0.2) is 42.0 Å². The minimum Gasteiger partial charge on any atom is -0.545 e. The summed E-state index contributed by atoms with van der Waals surface area (Å²) in [4.78, 5) is 0. The summed E-state index contributed by atoms with van der Waals surface area (Å²) in [6.07, 6.45) is 1.10. The number of hydrogen-bond donors (Lipinski definition) is 1. The number of methoxy groups -OCH3 is 2. The maximum absolute atomic E-state index is 10.8. The predicted octanol–water partition coefficient (Wildman–Crippen LogP) is 0.101. The molecule has 0 aliphatic carbocycles. The number of benzene rings is 1. The molecular formula is C12H20N2O4S. The summed E-state index contributed by atoms with van der Waals surface area (Å²) in [6, 6.07) is 5.62. The lowest BCUT2D eigenvalue weighted by molar-refractivity contribution is -0.667. The Balaban J connectivity index is 2.45. The van der Waals surface area contributed by atoms with Crippen molar-refractivity contribution in [2.24, 2.45) is 0 Å². The molecule has 0 unspecified atom stereocenters. The molecule has 0 saturated heterocycles. The standard InChI is InChI=1S/C12H19N2O4S/c1-17-11-5-4-10(12(8-11)18-2)9-13-6-7-14-19(3,15)16/h4-5,8,13H,6-7,9H2,1-3H3/q-1/p+1. The van der Waals surface area contributed by atoms with Gasteiger partial charge in [-0.3, -0.25) is 0 Å². The fourth-order valence-electron chi connectivity index (χ4n) is 1.59. The molecule has 0 spiro atoms. The van der Waals surface area contributed by atoms with E-state index in [1.165, 1.54) is 0 Å². The Morgan fingerprint density at radius 1 is 1.26 bits per heavy atom. The van der Waals surface area contributed by atoms with Crippen LogP contribution < -0.4 is 14.8 Å². The van der Waals surface area contributed by atoms with Gasteiger partial charge < -0.3 is 19.5 Å². The highest BCUT2D eigenvalue weighted by molar-refractivity contribution is 7.93. The van der Waals surface area contributed by atoms with Gasteiger partial charge in [-0.1, -0.05) is 6.54 Å². The van der Waals surface area contributed by atoms with Gasteiger partial charge in [-0.15, -0.1) is 0 Å². The van der Waals surface area contributed by atoms with E-state index >= 15 is 0 Å². The Morgan fingerprint density at radius 2 is 2.00 bits per heavy atom. The summed E-state index contributed by atoms with van der Waals surface area (Å²) in [5.74, 6) is 1.50. The summed E-state index contributed by atoms with van der Waals surface area (Å²) >= 11 is 0. The number of hydrogen-bond acceptors (Lipinski definition) is 4. The first-order chi connectivity index (χ1) is 8.96. The topological polar surface area (TPSA) is 83.3 Å². The zero-order valence-electron chi connectivity index (χ0n) is 11.4. The van der Waals surface area contributed by atoms with E-state index in [1.807, 2.05) is 23.5 Å². The van der Waals surface area contributed by atoms with Crippen molar-refractivity contribution in [3.8, 4) is 11.5 Å². The molecule has 0 amide bonds. The molecule has 1 aromatic carbocycles. The van der Waals surface area contributed by atoms with E-state index in [0.29, 0.717) is 13.1 Å². The van der Waals surface area contributed by atoms with Crippen LogP contribution in [0.4, 0.5) is 0 Å². The van der Waals surface area contributed by atoms with Crippen LogP contribution in [0.2, 0.25) is 0 Å². The van der Waals surface area contributed by atoms with Crippen LogP contribution in [0.1, 0.15) is 5.56 Å². The average molecular weight is 288 g/mol. The second-order valence-corrected chi connectivity index (χ2v) is 5.77. The number of nitrogens with two attached hydrogens (primary N) is 1. The van der Waals surface area contributed by atoms with Crippen molar-refractivity contribution >= 4 is 10.0 Å². The monoisotopic (exact) mass is 288 g/mol. The van der Waals surface area contributed by atoms with Crippen molar-refractivity contribution in [3.05, 3.63) is 28.5 Å². The van der Waals surface area contributed by atoms with E-state index in [2.05, 4.69) is 4.72 Å². The molecule has 2 N–H and O–H groups in total. The van der Waals surface area contributed by atoms with Gasteiger partial charge in [0.2, 0.25) is 0 Å². The van der Waals surface area contributed by atoms with Crippen LogP contribution in [0.25, 0.3) is 4.72 Å². The minimum atomic E-state index is -3.23. The molecule has 0 heterocycles. The molecule has 19 heavy (non-hydrogen) atoms. The smallest absolute Gasteiger partial charge is 0.131 e. The third kappa shape index (κ3) is 5.91. The lowest BCUT2D eigenvalue weighted by Gasteiger charge is -2.15. The van der Waals surface area contributed by atoms with Crippen molar-refractivity contribution in [2.45, 2.75) is 6.54 Å². The molecule has 0 aliphatic heterocycles. The van der Waals surface area contributed by atoms with Gasteiger partial charge >= 0.3 is 0 Å². The van der Waals surface area contributed by atoms with Crippen LogP contribution in [0.5, 0.6) is 11.5 Å². The number of sulfonamides is 1. The molecule has 0 fully saturated rings. The Labute approximate surface area is 114 Å². The maximum Gasteiger partial charge on any atom is 0.131 e. The van der Waals surface area contributed by atoms with E-state index in [-0.39, 0.29) is 6.54 Å². The molecule has 6 nitrogen and oxygen atoms in total. The molecule has 0 aliphatic rings. The van der Waals surface area contributed by atoms with Gasteiger partial charge in [0.15, 0.2) is 0 Å². The van der Waals surface area contributed by atoms with Crippen molar-refractivity contribution < 1.29 is 23.2 Å². The summed E-state index contributed by atoms with van der Waals surface area (Å²) in [7, 11) is -0.0145.